The van der Waals surface area contributed by atoms with Crippen molar-refractivity contribution in [3.8, 4) is 11.1 Å². The van der Waals surface area contributed by atoms with E-state index in [-0.39, 0.29) is 0 Å². The Morgan fingerprint density at radius 3 is 2.41 bits per heavy atom. The van der Waals surface area contributed by atoms with Gasteiger partial charge in [0.15, 0.2) is 0 Å². The van der Waals surface area contributed by atoms with E-state index in [1.54, 1.807) is 0 Å². The molecule has 2 aliphatic rings. The molecule has 0 radical (unpaired) electrons. The number of aryl methyl sites for hydroxylation is 1. The molecular formula is C34H47N7. The highest BCUT2D eigenvalue weighted by atomic mass is 15.3. The van der Waals surface area contributed by atoms with Crippen LogP contribution < -0.4 is 9.80 Å². The minimum Gasteiger partial charge on any atom is -0.372 e. The number of likely N-dealkylation sites (N-methyl/N-ethyl adjacent to an activating group) is 3. The van der Waals surface area contributed by atoms with Crippen LogP contribution in [0.5, 0.6) is 0 Å². The van der Waals surface area contributed by atoms with E-state index >= 15 is 0 Å². The van der Waals surface area contributed by atoms with E-state index in [9.17, 15) is 0 Å². The highest BCUT2D eigenvalue weighted by molar-refractivity contribution is 5.68. The normalized spacial score (nSPS) is 19.4. The first-order valence-electron chi connectivity index (χ1n) is 14.9. The van der Waals surface area contributed by atoms with Crippen molar-refractivity contribution in [1.82, 2.24) is 24.7 Å². The van der Waals surface area contributed by atoms with Crippen LogP contribution in [0.1, 0.15) is 36.4 Å². The average molecular weight is 554 g/mol. The molecule has 5 rings (SSSR count). The Labute approximate surface area is 247 Å². The molecule has 1 aromatic carbocycles. The summed E-state index contributed by atoms with van der Waals surface area (Å²) in [6.45, 7) is 17.0. The molecule has 7 nitrogen and oxygen atoms in total. The summed E-state index contributed by atoms with van der Waals surface area (Å²) in [5.74, 6) is 1.08. The fraction of sp³-hybridized carbons (Fsp3) is 0.471. The van der Waals surface area contributed by atoms with Gasteiger partial charge in [-0.1, -0.05) is 24.8 Å². The number of anilines is 2. The van der Waals surface area contributed by atoms with E-state index in [1.165, 1.54) is 22.4 Å². The van der Waals surface area contributed by atoms with Crippen LogP contribution in [-0.4, -0.2) is 97.7 Å². The lowest BCUT2D eigenvalue weighted by molar-refractivity contribution is 0.275. The number of piperazine rings is 1. The van der Waals surface area contributed by atoms with Crippen molar-refractivity contribution in [2.24, 2.45) is 0 Å². The van der Waals surface area contributed by atoms with Crippen molar-refractivity contribution in [2.45, 2.75) is 45.8 Å². The van der Waals surface area contributed by atoms with Crippen LogP contribution in [0.25, 0.3) is 16.8 Å². The van der Waals surface area contributed by atoms with Crippen molar-refractivity contribution in [3.05, 3.63) is 77.8 Å². The average Bonchev–Trinajstić information content (AvgIpc) is 2.94. The molecule has 0 N–H and O–H groups in total. The summed E-state index contributed by atoms with van der Waals surface area (Å²) in [7, 11) is 8.47. The smallest absolute Gasteiger partial charge is 0.131 e. The number of benzene rings is 1. The summed E-state index contributed by atoms with van der Waals surface area (Å²) in [6.07, 6.45) is 3.00. The van der Waals surface area contributed by atoms with Gasteiger partial charge < -0.3 is 24.5 Å². The SMILES string of the molecule is C=C(c1ccc(-c2ccc3c(c2)CN(c2cc(N4CCN(C)CC4C)cc(C)n2)C(C)C3)cn1)N(C)CCN(C)C. The molecule has 0 aliphatic carbocycles. The first kappa shape index (κ1) is 29.1. The lowest BCUT2D eigenvalue weighted by Crippen LogP contribution is -2.50. The van der Waals surface area contributed by atoms with Gasteiger partial charge >= 0.3 is 0 Å². The maximum atomic E-state index is 5.02. The zero-order chi connectivity index (χ0) is 29.3. The summed E-state index contributed by atoms with van der Waals surface area (Å²) in [5, 5.41) is 0. The van der Waals surface area contributed by atoms with E-state index in [0.29, 0.717) is 12.1 Å². The highest BCUT2D eigenvalue weighted by Gasteiger charge is 2.27. The molecule has 218 valence electrons. The van der Waals surface area contributed by atoms with Crippen molar-refractivity contribution >= 4 is 17.2 Å². The molecule has 1 saturated heterocycles. The minimum absolute atomic E-state index is 0.386. The van der Waals surface area contributed by atoms with Gasteiger partial charge in [-0.2, -0.15) is 0 Å². The molecule has 0 saturated carbocycles. The second-order valence-electron chi connectivity index (χ2n) is 12.4. The van der Waals surface area contributed by atoms with Gasteiger partial charge in [0.05, 0.1) is 11.4 Å². The Morgan fingerprint density at radius 2 is 1.71 bits per heavy atom. The third-order valence-electron chi connectivity index (χ3n) is 8.71. The lowest BCUT2D eigenvalue weighted by Gasteiger charge is -2.41. The standard InChI is InChI=1S/C34H47N7/c1-24-17-32(40-16-14-38(7)22-26(40)3)20-34(36-24)41-23-31-19-29(10-9-28(31)18-25(41)2)30-11-12-33(35-21-30)27(4)39(8)15-13-37(5)6/h9-12,17,19-21,25-26H,4,13-16,18,22-23H2,1-3,5-8H3. The van der Waals surface area contributed by atoms with Gasteiger partial charge in [0.1, 0.15) is 5.82 Å². The van der Waals surface area contributed by atoms with Crippen LogP contribution in [0.4, 0.5) is 11.5 Å². The molecule has 41 heavy (non-hydrogen) atoms. The molecule has 3 aromatic rings. The van der Waals surface area contributed by atoms with Gasteiger partial charge in [-0.05, 0) is 83.2 Å². The van der Waals surface area contributed by atoms with E-state index < -0.39 is 0 Å². The molecular weight excluding hydrogens is 506 g/mol. The molecule has 7 heteroatoms. The summed E-state index contributed by atoms with van der Waals surface area (Å²) in [4.78, 5) is 21.6. The number of fused-ring (bicyclic) bond motifs is 1. The molecule has 2 aromatic heterocycles. The summed E-state index contributed by atoms with van der Waals surface area (Å²) in [6, 6.07) is 16.6. The minimum atomic E-state index is 0.386. The van der Waals surface area contributed by atoms with Gasteiger partial charge in [-0.15, -0.1) is 0 Å². The van der Waals surface area contributed by atoms with Gasteiger partial charge in [-0.25, -0.2) is 4.98 Å². The predicted octanol–water partition coefficient (Wildman–Crippen LogP) is 5.01. The third kappa shape index (κ3) is 6.57. The molecule has 4 heterocycles. The van der Waals surface area contributed by atoms with Gasteiger partial charge in [0.2, 0.25) is 0 Å². The van der Waals surface area contributed by atoms with Crippen LogP contribution in [0.2, 0.25) is 0 Å². The topological polar surface area (TPSA) is 42.0 Å². The largest absolute Gasteiger partial charge is 0.372 e. The number of hydrogen-bond donors (Lipinski definition) is 0. The predicted molar refractivity (Wildman–Crippen MR) is 173 cm³/mol. The number of nitrogens with zero attached hydrogens (tertiary/aromatic N) is 7. The van der Waals surface area contributed by atoms with Crippen LogP contribution in [0, 0.1) is 6.92 Å². The van der Waals surface area contributed by atoms with E-state index in [0.717, 1.165) is 74.2 Å². The summed E-state index contributed by atoms with van der Waals surface area (Å²) >= 11 is 0. The van der Waals surface area contributed by atoms with Crippen LogP contribution in [-0.2, 0) is 13.0 Å². The zero-order valence-corrected chi connectivity index (χ0v) is 26.1. The van der Waals surface area contributed by atoms with Gasteiger partial charge in [0.25, 0.3) is 0 Å². The quantitative estimate of drug-likeness (QED) is 0.389. The highest BCUT2D eigenvalue weighted by Crippen LogP contribution is 2.33. The molecule has 2 atom stereocenters. The lowest BCUT2D eigenvalue weighted by atomic mass is 9.91. The molecule has 1 fully saturated rings. The number of aromatic nitrogens is 2. The molecule has 0 amide bonds. The van der Waals surface area contributed by atoms with Gasteiger partial charge in [-0.3, -0.25) is 4.98 Å². The maximum absolute atomic E-state index is 5.02. The molecule has 2 unspecified atom stereocenters. The fourth-order valence-electron chi connectivity index (χ4n) is 6.11. The van der Waals surface area contributed by atoms with Gasteiger partial charge in [0, 0.05) is 87.6 Å². The first-order valence-corrected chi connectivity index (χ1v) is 14.9. The Kier molecular flexibility index (Phi) is 8.66. The number of pyridine rings is 2. The molecule has 0 bridgehead atoms. The van der Waals surface area contributed by atoms with E-state index in [1.807, 2.05) is 6.20 Å². The second kappa shape index (κ2) is 12.2. The van der Waals surface area contributed by atoms with Crippen molar-refractivity contribution in [3.63, 3.8) is 0 Å². The third-order valence-corrected chi connectivity index (χ3v) is 8.71. The maximum Gasteiger partial charge on any atom is 0.131 e. The van der Waals surface area contributed by atoms with Crippen molar-refractivity contribution in [2.75, 3.05) is 70.7 Å². The van der Waals surface area contributed by atoms with Crippen LogP contribution in [0.15, 0.2) is 55.2 Å². The monoisotopic (exact) mass is 553 g/mol. The Bertz CT molecular complexity index is 1370. The summed E-state index contributed by atoms with van der Waals surface area (Å²) < 4.78 is 0. The van der Waals surface area contributed by atoms with E-state index in [4.69, 9.17) is 9.97 Å². The number of hydrogen-bond acceptors (Lipinski definition) is 7. The Hall–Kier alpha value is -3.42. The molecule has 2 aliphatic heterocycles. The van der Waals surface area contributed by atoms with E-state index in [2.05, 4.69) is 123 Å². The van der Waals surface area contributed by atoms with Crippen LogP contribution >= 0.6 is 0 Å². The fourth-order valence-corrected chi connectivity index (χ4v) is 6.11. The Morgan fingerprint density at radius 1 is 0.927 bits per heavy atom. The van der Waals surface area contributed by atoms with Crippen molar-refractivity contribution in [1.29, 1.82) is 0 Å². The summed E-state index contributed by atoms with van der Waals surface area (Å²) in [5.41, 5.74) is 9.37. The zero-order valence-electron chi connectivity index (χ0n) is 26.1. The first-order chi connectivity index (χ1) is 19.6. The second-order valence-corrected chi connectivity index (χ2v) is 12.4. The number of rotatable bonds is 8. The Balaban J connectivity index is 1.35. The molecule has 0 spiro atoms. The van der Waals surface area contributed by atoms with Crippen molar-refractivity contribution < 1.29 is 0 Å². The van der Waals surface area contributed by atoms with Crippen LogP contribution in [0.3, 0.4) is 0 Å².